The van der Waals surface area contributed by atoms with Crippen LogP contribution in [0.25, 0.3) is 0 Å². The number of aliphatic imine (C=N–C) groups is 1. The van der Waals surface area contributed by atoms with E-state index in [2.05, 4.69) is 31.1 Å². The minimum Gasteiger partial charge on any atom is -0.457 e. The van der Waals surface area contributed by atoms with Gasteiger partial charge in [-0.05, 0) is 68.7 Å². The summed E-state index contributed by atoms with van der Waals surface area (Å²) in [5.41, 5.74) is 3.41. The lowest BCUT2D eigenvalue weighted by Crippen LogP contribution is -2.23. The molecule has 0 bridgehead atoms. The van der Waals surface area contributed by atoms with E-state index in [1.165, 1.54) is 0 Å². The molecular formula is C25H32N2O2. The van der Waals surface area contributed by atoms with E-state index >= 15 is 0 Å². The van der Waals surface area contributed by atoms with E-state index in [0.717, 1.165) is 40.4 Å². The van der Waals surface area contributed by atoms with Crippen molar-refractivity contribution in [1.82, 2.24) is 4.90 Å². The van der Waals surface area contributed by atoms with Gasteiger partial charge < -0.3 is 14.4 Å². The zero-order valence-corrected chi connectivity index (χ0v) is 18.2. The highest BCUT2D eigenvalue weighted by Gasteiger charge is 2.23. The van der Waals surface area contributed by atoms with E-state index in [1.807, 2.05) is 69.4 Å². The van der Waals surface area contributed by atoms with Crippen LogP contribution < -0.4 is 4.74 Å². The number of aryl methyl sites for hydroxylation is 2. The summed E-state index contributed by atoms with van der Waals surface area (Å²) in [6.07, 6.45) is 5.38. The van der Waals surface area contributed by atoms with Gasteiger partial charge in [0.2, 0.25) is 0 Å². The maximum atomic E-state index is 6.20. The lowest BCUT2D eigenvalue weighted by Gasteiger charge is -2.26. The Hall–Kier alpha value is -2.85. The van der Waals surface area contributed by atoms with Crippen LogP contribution in [0.2, 0.25) is 0 Å². The topological polar surface area (TPSA) is 34.1 Å². The van der Waals surface area contributed by atoms with E-state index in [1.54, 1.807) is 12.2 Å². The zero-order chi connectivity index (χ0) is 21.4. The van der Waals surface area contributed by atoms with E-state index in [4.69, 9.17) is 9.47 Å². The van der Waals surface area contributed by atoms with Crippen LogP contribution in [-0.4, -0.2) is 31.4 Å². The van der Waals surface area contributed by atoms with Gasteiger partial charge in [0.05, 0.1) is 18.6 Å². The smallest absolute Gasteiger partial charge is 0.130 e. The summed E-state index contributed by atoms with van der Waals surface area (Å²) in [6.45, 7) is 17.2. The Morgan fingerprint density at radius 2 is 1.90 bits per heavy atom. The second kappa shape index (κ2) is 10.1. The minimum atomic E-state index is -0.609. The third-order valence-corrected chi connectivity index (χ3v) is 4.91. The lowest BCUT2D eigenvalue weighted by molar-refractivity contribution is 0.0207. The van der Waals surface area contributed by atoms with Crippen molar-refractivity contribution in [1.29, 1.82) is 0 Å². The van der Waals surface area contributed by atoms with E-state index in [-0.39, 0.29) is 0 Å². The van der Waals surface area contributed by atoms with Crippen LogP contribution in [0, 0.1) is 13.8 Å². The Morgan fingerprint density at radius 1 is 1.14 bits per heavy atom. The van der Waals surface area contributed by atoms with Crippen molar-refractivity contribution in [3.63, 3.8) is 0 Å². The molecule has 0 radical (unpaired) electrons. The van der Waals surface area contributed by atoms with Gasteiger partial charge in [0.15, 0.2) is 0 Å². The minimum absolute atomic E-state index is 0.446. The van der Waals surface area contributed by atoms with Crippen molar-refractivity contribution in [2.24, 2.45) is 4.99 Å². The van der Waals surface area contributed by atoms with Crippen LogP contribution in [0.3, 0.4) is 0 Å². The molecule has 0 amide bonds. The van der Waals surface area contributed by atoms with Crippen molar-refractivity contribution in [2.45, 2.75) is 33.3 Å². The fourth-order valence-corrected chi connectivity index (χ4v) is 2.75. The van der Waals surface area contributed by atoms with Crippen molar-refractivity contribution in [3.8, 4) is 11.5 Å². The largest absolute Gasteiger partial charge is 0.457 e. The molecule has 2 rings (SSSR count). The van der Waals surface area contributed by atoms with Gasteiger partial charge in [-0.1, -0.05) is 30.9 Å². The molecule has 0 spiro atoms. The molecule has 1 atom stereocenters. The second-order valence-corrected chi connectivity index (χ2v) is 7.26. The molecule has 2 aromatic carbocycles. The normalized spacial score (nSPS) is 13.1. The Kier molecular flexibility index (Phi) is 7.80. The van der Waals surface area contributed by atoms with Crippen molar-refractivity contribution < 1.29 is 9.47 Å². The molecule has 0 fully saturated rings. The monoisotopic (exact) mass is 392 g/mol. The average molecular weight is 393 g/mol. The van der Waals surface area contributed by atoms with Crippen LogP contribution >= 0.6 is 0 Å². The first kappa shape index (κ1) is 22.4. The summed E-state index contributed by atoms with van der Waals surface area (Å²) in [5.74, 6) is 1.57. The predicted molar refractivity (Wildman–Crippen MR) is 123 cm³/mol. The number of ether oxygens (including phenoxy) is 2. The first-order chi connectivity index (χ1) is 13.8. The summed E-state index contributed by atoms with van der Waals surface area (Å²) in [7, 11) is 2.01. The van der Waals surface area contributed by atoms with Crippen LogP contribution in [0.15, 0.2) is 66.7 Å². The van der Waals surface area contributed by atoms with Gasteiger partial charge in [-0.25, -0.2) is 4.99 Å². The molecule has 4 nitrogen and oxygen atoms in total. The van der Waals surface area contributed by atoms with Gasteiger partial charge >= 0.3 is 0 Å². The highest BCUT2D eigenvalue weighted by Crippen LogP contribution is 2.34. The van der Waals surface area contributed by atoms with Crippen molar-refractivity contribution in [2.75, 3.05) is 20.2 Å². The number of benzene rings is 2. The molecule has 0 N–H and O–H groups in total. The average Bonchev–Trinajstić information content (AvgIpc) is 2.73. The third-order valence-electron chi connectivity index (χ3n) is 4.91. The van der Waals surface area contributed by atoms with Crippen LogP contribution in [0.4, 0.5) is 5.69 Å². The molecule has 0 saturated carbocycles. The van der Waals surface area contributed by atoms with Gasteiger partial charge in [-0.3, -0.25) is 0 Å². The summed E-state index contributed by atoms with van der Waals surface area (Å²) >= 11 is 0. The Bertz CT molecular complexity index is 888. The van der Waals surface area contributed by atoms with Gasteiger partial charge in [0.25, 0.3) is 0 Å². The molecule has 0 aliphatic carbocycles. The molecule has 154 valence electrons. The number of nitrogens with zero attached hydrogens (tertiary/aromatic N) is 2. The summed E-state index contributed by atoms with van der Waals surface area (Å²) in [5, 5.41) is 0. The Labute approximate surface area is 175 Å². The molecule has 0 aromatic heterocycles. The summed E-state index contributed by atoms with van der Waals surface area (Å²) in [4.78, 5) is 6.62. The quantitative estimate of drug-likeness (QED) is 0.270. The summed E-state index contributed by atoms with van der Waals surface area (Å²) in [6, 6.07) is 12.0. The SMILES string of the molecule is C=CCOC(C)(C=C)c1cccc(Oc2cc(C)c(/N=C\N(C)CC)cc2C)c1. The van der Waals surface area contributed by atoms with Gasteiger partial charge in [-0.15, -0.1) is 6.58 Å². The Morgan fingerprint density at radius 3 is 2.55 bits per heavy atom. The molecule has 29 heavy (non-hydrogen) atoms. The van der Waals surface area contributed by atoms with Gasteiger partial charge in [-0.2, -0.15) is 0 Å². The highest BCUT2D eigenvalue weighted by molar-refractivity contribution is 5.64. The molecule has 0 aliphatic rings. The van der Waals surface area contributed by atoms with E-state index < -0.39 is 5.60 Å². The molecule has 2 aromatic rings. The lowest BCUT2D eigenvalue weighted by atomic mass is 9.95. The van der Waals surface area contributed by atoms with Gasteiger partial charge in [0, 0.05) is 13.6 Å². The Balaban J connectivity index is 2.28. The number of hydrogen-bond acceptors (Lipinski definition) is 3. The number of rotatable bonds is 10. The van der Waals surface area contributed by atoms with E-state index in [0.29, 0.717) is 6.61 Å². The maximum Gasteiger partial charge on any atom is 0.130 e. The van der Waals surface area contributed by atoms with E-state index in [9.17, 15) is 0 Å². The standard InChI is InChI=1S/C25H32N2O2/c1-8-14-28-25(6,9-2)21-12-11-13-22(17-21)29-24-16-19(4)23(15-20(24)5)26-18-27(7)10-3/h8-9,11-13,15-18H,1-2,10,14H2,3-7H3/b26-18-. The van der Waals surface area contributed by atoms with Crippen molar-refractivity contribution in [3.05, 3.63) is 78.4 Å². The van der Waals surface area contributed by atoms with Gasteiger partial charge in [0.1, 0.15) is 17.1 Å². The molecule has 4 heteroatoms. The third kappa shape index (κ3) is 5.81. The first-order valence-electron chi connectivity index (χ1n) is 9.85. The molecule has 0 aliphatic heterocycles. The molecule has 0 heterocycles. The fourth-order valence-electron chi connectivity index (χ4n) is 2.75. The van der Waals surface area contributed by atoms with Crippen molar-refractivity contribution >= 4 is 12.0 Å². The summed E-state index contributed by atoms with van der Waals surface area (Å²) < 4.78 is 12.1. The predicted octanol–water partition coefficient (Wildman–Crippen LogP) is 6.31. The second-order valence-electron chi connectivity index (χ2n) is 7.26. The molecular weight excluding hydrogens is 360 g/mol. The first-order valence-corrected chi connectivity index (χ1v) is 9.85. The van der Waals surface area contributed by atoms with Crippen LogP contribution in [0.5, 0.6) is 11.5 Å². The maximum absolute atomic E-state index is 6.20. The van der Waals surface area contributed by atoms with Crippen LogP contribution in [0.1, 0.15) is 30.5 Å². The highest BCUT2D eigenvalue weighted by atomic mass is 16.5. The van der Waals surface area contributed by atoms with Crippen LogP contribution in [-0.2, 0) is 10.3 Å². The molecule has 0 saturated heterocycles. The number of hydrogen-bond donors (Lipinski definition) is 0. The zero-order valence-electron chi connectivity index (χ0n) is 18.2. The molecule has 1 unspecified atom stereocenters. The fraction of sp³-hybridized carbons (Fsp3) is 0.320.